The first-order chi connectivity index (χ1) is 16.4. The van der Waals surface area contributed by atoms with Crippen molar-refractivity contribution in [1.82, 2.24) is 26.2 Å². The van der Waals surface area contributed by atoms with Crippen molar-refractivity contribution < 1.29 is 28.7 Å². The van der Waals surface area contributed by atoms with Gasteiger partial charge >= 0.3 is 0 Å². The molecular formula is C24H41N5O6. The zero-order valence-electron chi connectivity index (χ0n) is 21.6. The Balaban J connectivity index is 1.77. The Kier molecular flexibility index (Phi) is 10.6. The highest BCUT2D eigenvalue weighted by molar-refractivity contribution is 5.97. The number of carbonyl (C=O) groups excluding carboxylic acids is 5. The molecule has 11 nitrogen and oxygen atoms in total. The second-order valence-corrected chi connectivity index (χ2v) is 10.3. The normalized spacial score (nSPS) is 21.7. The molecule has 0 aliphatic carbocycles. The highest BCUT2D eigenvalue weighted by Gasteiger charge is 2.50. The van der Waals surface area contributed by atoms with Gasteiger partial charge in [-0.2, -0.15) is 0 Å². The number of nitrogens with one attached hydrogen (secondary N) is 4. The van der Waals surface area contributed by atoms with Crippen molar-refractivity contribution in [3.05, 3.63) is 0 Å². The molecule has 0 bridgehead atoms. The number of nitrogens with zero attached hydrogens (tertiary/aromatic N) is 1. The van der Waals surface area contributed by atoms with Crippen LogP contribution in [0.4, 0.5) is 0 Å². The van der Waals surface area contributed by atoms with Crippen molar-refractivity contribution in [2.45, 2.75) is 71.6 Å². The number of rotatable bonds is 13. The third kappa shape index (κ3) is 9.21. The topological polar surface area (TPSA) is 149 Å². The van der Waals surface area contributed by atoms with Crippen molar-refractivity contribution in [2.24, 2.45) is 11.8 Å². The molecule has 0 radical (unpaired) electrons. The van der Waals surface area contributed by atoms with E-state index in [1.54, 1.807) is 20.8 Å². The number of ether oxygens (including phenoxy) is 1. The van der Waals surface area contributed by atoms with Gasteiger partial charge in [0.25, 0.3) is 0 Å². The molecular weight excluding hydrogens is 454 g/mol. The van der Waals surface area contributed by atoms with Crippen LogP contribution in [0.25, 0.3) is 0 Å². The predicted molar refractivity (Wildman–Crippen MR) is 129 cm³/mol. The van der Waals surface area contributed by atoms with Crippen LogP contribution in [0.1, 0.15) is 53.9 Å². The van der Waals surface area contributed by atoms with Gasteiger partial charge in [-0.1, -0.05) is 34.1 Å². The minimum Gasteiger partial charge on any atom is -0.361 e. The summed E-state index contributed by atoms with van der Waals surface area (Å²) in [6.07, 6.45) is 3.31. The van der Waals surface area contributed by atoms with Crippen LogP contribution >= 0.6 is 0 Å². The molecule has 0 saturated carbocycles. The Morgan fingerprint density at radius 3 is 1.83 bits per heavy atom. The van der Waals surface area contributed by atoms with Gasteiger partial charge in [0, 0.05) is 0 Å². The Bertz CT molecular complexity index is 789. The number of piperidine rings is 1. The SMILES string of the molecule is CC(C)[C@H](NC(=O)CNC(=O)CN1CCCCC1)C(=O)NCC(=O)N[C@H](C(=O)[C@@]1(C)CO1)C(C)C. The molecule has 2 heterocycles. The first kappa shape index (κ1) is 28.7. The van der Waals surface area contributed by atoms with Crippen molar-refractivity contribution in [2.75, 3.05) is 39.3 Å². The van der Waals surface area contributed by atoms with E-state index in [1.165, 1.54) is 6.42 Å². The third-order valence-electron chi connectivity index (χ3n) is 6.32. The van der Waals surface area contributed by atoms with E-state index in [0.717, 1.165) is 25.9 Å². The molecule has 4 amide bonds. The number of amides is 4. The lowest BCUT2D eigenvalue weighted by Gasteiger charge is -2.26. The molecule has 2 aliphatic rings. The molecule has 198 valence electrons. The summed E-state index contributed by atoms with van der Waals surface area (Å²) in [6, 6.07) is -1.60. The summed E-state index contributed by atoms with van der Waals surface area (Å²) in [6.45, 7) is 10.6. The Morgan fingerprint density at radius 1 is 0.800 bits per heavy atom. The Morgan fingerprint density at radius 2 is 1.31 bits per heavy atom. The maximum atomic E-state index is 12.7. The first-order valence-corrected chi connectivity index (χ1v) is 12.5. The zero-order chi connectivity index (χ0) is 26.2. The number of carbonyl (C=O) groups is 5. The molecule has 35 heavy (non-hydrogen) atoms. The maximum absolute atomic E-state index is 12.7. The van der Waals surface area contributed by atoms with Crippen molar-refractivity contribution >= 4 is 29.4 Å². The van der Waals surface area contributed by atoms with Crippen LogP contribution in [0.3, 0.4) is 0 Å². The van der Waals surface area contributed by atoms with Gasteiger partial charge in [-0.05, 0) is 44.7 Å². The summed E-state index contributed by atoms with van der Waals surface area (Å²) in [5.74, 6) is -2.33. The van der Waals surface area contributed by atoms with Crippen LogP contribution < -0.4 is 21.3 Å². The van der Waals surface area contributed by atoms with Gasteiger partial charge in [-0.3, -0.25) is 28.9 Å². The van der Waals surface area contributed by atoms with Gasteiger partial charge in [0.15, 0.2) is 5.78 Å². The molecule has 4 N–H and O–H groups in total. The quantitative estimate of drug-likeness (QED) is 0.248. The summed E-state index contributed by atoms with van der Waals surface area (Å²) in [5.41, 5.74) is -0.859. The number of likely N-dealkylation sites (tertiary alicyclic amines) is 1. The molecule has 2 aliphatic heterocycles. The van der Waals surface area contributed by atoms with Gasteiger partial charge in [0.05, 0.1) is 32.3 Å². The fourth-order valence-corrected chi connectivity index (χ4v) is 3.93. The third-order valence-corrected chi connectivity index (χ3v) is 6.32. The number of Topliss-reactive ketones (excluding diaryl/α,β-unsaturated/α-hetero) is 1. The highest BCUT2D eigenvalue weighted by atomic mass is 16.6. The van der Waals surface area contributed by atoms with Crippen LogP contribution in [-0.2, 0) is 28.7 Å². The highest BCUT2D eigenvalue weighted by Crippen LogP contribution is 2.29. The molecule has 0 aromatic rings. The van der Waals surface area contributed by atoms with Crippen molar-refractivity contribution in [3.63, 3.8) is 0 Å². The second kappa shape index (κ2) is 13.0. The molecule has 0 spiro atoms. The molecule has 2 saturated heterocycles. The van der Waals surface area contributed by atoms with Crippen LogP contribution in [0.2, 0.25) is 0 Å². The maximum Gasteiger partial charge on any atom is 0.243 e. The van der Waals surface area contributed by atoms with Crippen LogP contribution in [0, 0.1) is 11.8 Å². The largest absolute Gasteiger partial charge is 0.361 e. The summed E-state index contributed by atoms with van der Waals surface area (Å²) in [7, 11) is 0. The van der Waals surface area contributed by atoms with Gasteiger partial charge < -0.3 is 26.0 Å². The fourth-order valence-electron chi connectivity index (χ4n) is 3.93. The zero-order valence-corrected chi connectivity index (χ0v) is 21.6. The Labute approximate surface area is 207 Å². The van der Waals surface area contributed by atoms with Crippen LogP contribution in [0.15, 0.2) is 0 Å². The smallest absolute Gasteiger partial charge is 0.243 e. The molecule has 2 fully saturated rings. The van der Waals surface area contributed by atoms with E-state index in [0.29, 0.717) is 6.61 Å². The molecule has 2 rings (SSSR count). The van der Waals surface area contributed by atoms with Crippen LogP contribution in [0.5, 0.6) is 0 Å². The molecule has 0 unspecified atom stereocenters. The number of hydrogen-bond acceptors (Lipinski definition) is 7. The first-order valence-electron chi connectivity index (χ1n) is 12.5. The van der Waals surface area contributed by atoms with Gasteiger partial charge in [0.1, 0.15) is 11.6 Å². The number of epoxide rings is 1. The second-order valence-electron chi connectivity index (χ2n) is 10.3. The van der Waals surface area contributed by atoms with Crippen molar-refractivity contribution in [1.29, 1.82) is 0 Å². The summed E-state index contributed by atoms with van der Waals surface area (Å²) in [5, 5.41) is 10.4. The van der Waals surface area contributed by atoms with E-state index in [9.17, 15) is 24.0 Å². The van der Waals surface area contributed by atoms with E-state index >= 15 is 0 Å². The Hall–Kier alpha value is -2.53. The van der Waals surface area contributed by atoms with E-state index < -0.39 is 35.4 Å². The lowest BCUT2D eigenvalue weighted by atomic mass is 9.92. The minimum atomic E-state index is -0.879. The van der Waals surface area contributed by atoms with E-state index in [1.807, 2.05) is 13.8 Å². The molecule has 11 heteroatoms. The van der Waals surface area contributed by atoms with E-state index in [2.05, 4.69) is 26.2 Å². The van der Waals surface area contributed by atoms with Gasteiger partial charge in [0.2, 0.25) is 23.6 Å². The monoisotopic (exact) mass is 495 g/mol. The van der Waals surface area contributed by atoms with Crippen LogP contribution in [-0.4, -0.2) is 91.3 Å². The minimum absolute atomic E-state index is 0.143. The van der Waals surface area contributed by atoms with E-state index in [4.69, 9.17) is 4.74 Å². The van der Waals surface area contributed by atoms with Gasteiger partial charge in [-0.25, -0.2) is 0 Å². The lowest BCUT2D eigenvalue weighted by Crippen LogP contribution is -2.55. The lowest BCUT2D eigenvalue weighted by molar-refractivity contribution is -0.133. The average molecular weight is 496 g/mol. The number of hydrogen-bond donors (Lipinski definition) is 4. The number of ketones is 1. The molecule has 3 atom stereocenters. The fraction of sp³-hybridized carbons (Fsp3) is 0.792. The standard InChI is InChI=1S/C24H41N5O6/c1-15(2)20(22(33)24(5)14-35-24)27-18(31)12-26-23(34)21(16(3)4)28-17(30)11-25-19(32)13-29-9-7-6-8-10-29/h15-16,20-21H,6-14H2,1-5H3,(H,25,32)(H,26,34)(H,27,31)(H,28,30)/t20-,21-,24+/m0/s1. The summed E-state index contributed by atoms with van der Waals surface area (Å²) < 4.78 is 5.20. The van der Waals surface area contributed by atoms with Crippen molar-refractivity contribution in [3.8, 4) is 0 Å². The average Bonchev–Trinajstić information content (AvgIpc) is 3.56. The summed E-state index contributed by atoms with van der Waals surface area (Å²) in [4.78, 5) is 64.2. The summed E-state index contributed by atoms with van der Waals surface area (Å²) >= 11 is 0. The molecule has 0 aromatic carbocycles. The van der Waals surface area contributed by atoms with Gasteiger partial charge in [-0.15, -0.1) is 0 Å². The molecule has 0 aromatic heterocycles. The van der Waals surface area contributed by atoms with E-state index in [-0.39, 0.29) is 43.2 Å². The predicted octanol–water partition coefficient (Wildman–Crippen LogP) is -0.656.